The first-order valence-corrected chi connectivity index (χ1v) is 6.14. The zero-order chi connectivity index (χ0) is 11.5. The summed E-state index contributed by atoms with van der Waals surface area (Å²) >= 11 is 15.2. The zero-order valence-electron chi connectivity index (χ0n) is 8.14. The van der Waals surface area contributed by atoms with E-state index in [1.54, 1.807) is 6.07 Å². The molecule has 16 heavy (non-hydrogen) atoms. The molecule has 0 aliphatic rings. The fraction of sp³-hybridized carbons (Fsp3) is 0.0909. The van der Waals surface area contributed by atoms with Gasteiger partial charge in [0.05, 0.1) is 22.3 Å². The number of benzene rings is 1. The molecule has 0 radical (unpaired) electrons. The van der Waals surface area contributed by atoms with Crippen LogP contribution in [0.2, 0.25) is 10.0 Å². The highest BCUT2D eigenvalue weighted by molar-refractivity contribution is 9.10. The van der Waals surface area contributed by atoms with Crippen molar-refractivity contribution in [2.45, 2.75) is 6.54 Å². The minimum absolute atomic E-state index is 0.523. The molecule has 0 amide bonds. The summed E-state index contributed by atoms with van der Waals surface area (Å²) in [6.07, 6.45) is 0. The summed E-state index contributed by atoms with van der Waals surface area (Å²) < 4.78 is 6.06. The van der Waals surface area contributed by atoms with Crippen molar-refractivity contribution in [1.29, 1.82) is 0 Å². The molecule has 0 unspecified atom stereocenters. The maximum absolute atomic E-state index is 6.03. The average molecular weight is 321 g/mol. The predicted molar refractivity (Wildman–Crippen MR) is 70.2 cm³/mol. The molecule has 1 aromatic heterocycles. The number of halogens is 3. The first kappa shape index (κ1) is 11.8. The van der Waals surface area contributed by atoms with Crippen LogP contribution >= 0.6 is 39.1 Å². The molecule has 84 valence electrons. The van der Waals surface area contributed by atoms with Gasteiger partial charge in [0.25, 0.3) is 0 Å². The molecule has 0 saturated carbocycles. The van der Waals surface area contributed by atoms with Crippen molar-refractivity contribution in [3.8, 4) is 0 Å². The van der Waals surface area contributed by atoms with Crippen LogP contribution in [-0.4, -0.2) is 0 Å². The van der Waals surface area contributed by atoms with E-state index in [0.717, 1.165) is 11.4 Å². The van der Waals surface area contributed by atoms with Gasteiger partial charge >= 0.3 is 0 Å². The Morgan fingerprint density at radius 2 is 2.00 bits per heavy atom. The van der Waals surface area contributed by atoms with Crippen molar-refractivity contribution in [2.24, 2.45) is 0 Å². The molecule has 1 aromatic carbocycles. The van der Waals surface area contributed by atoms with Crippen molar-refractivity contribution >= 4 is 44.8 Å². The predicted octanol–water partition coefficient (Wildman–Crippen LogP) is 4.96. The molecule has 0 aliphatic carbocycles. The van der Waals surface area contributed by atoms with Gasteiger partial charge in [-0.15, -0.1) is 0 Å². The summed E-state index contributed by atoms with van der Waals surface area (Å²) in [6.45, 7) is 0.561. The van der Waals surface area contributed by atoms with Gasteiger partial charge in [0.15, 0.2) is 4.67 Å². The standard InChI is InChI=1S/C11H8BrCl2NO/c12-10-5-4-7(16-10)6-15-9-3-1-2-8(13)11(9)14/h1-5,15H,6H2. The van der Waals surface area contributed by atoms with Crippen molar-refractivity contribution in [2.75, 3.05) is 5.32 Å². The van der Waals surface area contributed by atoms with Crippen molar-refractivity contribution in [1.82, 2.24) is 0 Å². The Morgan fingerprint density at radius 3 is 2.69 bits per heavy atom. The molecule has 5 heteroatoms. The number of nitrogens with one attached hydrogen (secondary N) is 1. The topological polar surface area (TPSA) is 25.2 Å². The van der Waals surface area contributed by atoms with E-state index in [9.17, 15) is 0 Å². The lowest BCUT2D eigenvalue weighted by Crippen LogP contribution is -1.98. The molecule has 0 aliphatic heterocycles. The summed E-state index contributed by atoms with van der Waals surface area (Å²) in [5.41, 5.74) is 0.793. The molecule has 0 atom stereocenters. The molecule has 1 N–H and O–H groups in total. The van der Waals surface area contributed by atoms with E-state index in [4.69, 9.17) is 27.6 Å². The molecule has 0 saturated heterocycles. The lowest BCUT2D eigenvalue weighted by Gasteiger charge is -2.07. The van der Waals surface area contributed by atoms with Gasteiger partial charge in [-0.05, 0) is 40.2 Å². The number of furan rings is 1. The van der Waals surface area contributed by atoms with Gasteiger partial charge in [0.2, 0.25) is 0 Å². The van der Waals surface area contributed by atoms with E-state index in [1.807, 2.05) is 24.3 Å². The quantitative estimate of drug-likeness (QED) is 0.864. The summed E-state index contributed by atoms with van der Waals surface area (Å²) in [5.74, 6) is 0.822. The van der Waals surface area contributed by atoms with Crippen LogP contribution in [0.5, 0.6) is 0 Å². The normalized spacial score (nSPS) is 10.4. The van der Waals surface area contributed by atoms with Crippen LogP contribution in [0.25, 0.3) is 0 Å². The second-order valence-corrected chi connectivity index (χ2v) is 4.73. The van der Waals surface area contributed by atoms with Gasteiger partial charge in [-0.1, -0.05) is 29.3 Å². The molecular formula is C11H8BrCl2NO. The van der Waals surface area contributed by atoms with Gasteiger partial charge in [0.1, 0.15) is 5.76 Å². The fourth-order valence-electron chi connectivity index (χ4n) is 1.27. The van der Waals surface area contributed by atoms with Gasteiger partial charge < -0.3 is 9.73 Å². The maximum atomic E-state index is 6.03. The molecule has 0 fully saturated rings. The van der Waals surface area contributed by atoms with Crippen LogP contribution in [0.1, 0.15) is 5.76 Å². The number of hydrogen-bond donors (Lipinski definition) is 1. The van der Waals surface area contributed by atoms with Crippen LogP contribution in [-0.2, 0) is 6.54 Å². The Hall–Kier alpha value is -0.640. The van der Waals surface area contributed by atoms with Gasteiger partial charge in [-0.3, -0.25) is 0 Å². The third-order valence-electron chi connectivity index (χ3n) is 2.03. The van der Waals surface area contributed by atoms with Crippen LogP contribution in [0.4, 0.5) is 5.69 Å². The van der Waals surface area contributed by atoms with Crippen molar-refractivity contribution < 1.29 is 4.42 Å². The summed E-state index contributed by atoms with van der Waals surface area (Å²) in [5, 5.41) is 4.21. The molecule has 0 bridgehead atoms. The Bertz CT molecular complexity index is 498. The van der Waals surface area contributed by atoms with Crippen molar-refractivity contribution in [3.05, 3.63) is 50.8 Å². The summed E-state index contributed by atoms with van der Waals surface area (Å²) in [4.78, 5) is 0. The fourth-order valence-corrected chi connectivity index (χ4v) is 1.98. The summed E-state index contributed by atoms with van der Waals surface area (Å²) in [7, 11) is 0. The molecule has 2 nitrogen and oxygen atoms in total. The van der Waals surface area contributed by atoms with Gasteiger partial charge in [-0.25, -0.2) is 0 Å². The number of anilines is 1. The molecule has 0 spiro atoms. The second kappa shape index (κ2) is 5.13. The molecule has 2 rings (SSSR count). The van der Waals surface area contributed by atoms with E-state index < -0.39 is 0 Å². The van der Waals surface area contributed by atoms with Crippen LogP contribution < -0.4 is 5.32 Å². The van der Waals surface area contributed by atoms with Gasteiger partial charge in [0, 0.05) is 0 Å². The smallest absolute Gasteiger partial charge is 0.169 e. The molecular weight excluding hydrogens is 313 g/mol. The van der Waals surface area contributed by atoms with Gasteiger partial charge in [-0.2, -0.15) is 0 Å². The highest BCUT2D eigenvalue weighted by Crippen LogP contribution is 2.29. The Labute approximate surface area is 112 Å². The zero-order valence-corrected chi connectivity index (χ0v) is 11.2. The van der Waals surface area contributed by atoms with Crippen LogP contribution in [0.15, 0.2) is 39.4 Å². The van der Waals surface area contributed by atoms with Crippen LogP contribution in [0, 0.1) is 0 Å². The molecule has 2 aromatic rings. The lowest BCUT2D eigenvalue weighted by molar-refractivity contribution is 0.495. The maximum Gasteiger partial charge on any atom is 0.169 e. The average Bonchev–Trinajstić information content (AvgIpc) is 2.67. The number of hydrogen-bond acceptors (Lipinski definition) is 2. The van der Waals surface area contributed by atoms with Crippen molar-refractivity contribution in [3.63, 3.8) is 0 Å². The first-order chi connectivity index (χ1) is 7.66. The Morgan fingerprint density at radius 1 is 1.19 bits per heavy atom. The highest BCUT2D eigenvalue weighted by Gasteiger charge is 2.05. The van der Waals surface area contributed by atoms with E-state index in [1.165, 1.54) is 0 Å². The Kier molecular flexibility index (Phi) is 3.79. The summed E-state index contributed by atoms with van der Waals surface area (Å²) in [6, 6.07) is 9.19. The lowest BCUT2D eigenvalue weighted by atomic mass is 10.3. The monoisotopic (exact) mass is 319 g/mol. The highest BCUT2D eigenvalue weighted by atomic mass is 79.9. The minimum atomic E-state index is 0.523. The largest absolute Gasteiger partial charge is 0.452 e. The first-order valence-electron chi connectivity index (χ1n) is 4.59. The SMILES string of the molecule is Clc1cccc(NCc2ccc(Br)o2)c1Cl. The van der Waals surface area contributed by atoms with E-state index >= 15 is 0 Å². The molecule has 1 heterocycles. The van der Waals surface area contributed by atoms with E-state index in [-0.39, 0.29) is 0 Å². The third-order valence-corrected chi connectivity index (χ3v) is 3.28. The second-order valence-electron chi connectivity index (χ2n) is 3.16. The Balaban J connectivity index is 2.07. The third kappa shape index (κ3) is 2.73. The number of rotatable bonds is 3. The van der Waals surface area contributed by atoms with Crippen LogP contribution in [0.3, 0.4) is 0 Å². The minimum Gasteiger partial charge on any atom is -0.452 e. The van der Waals surface area contributed by atoms with E-state index in [2.05, 4.69) is 21.2 Å². The van der Waals surface area contributed by atoms with E-state index in [0.29, 0.717) is 21.3 Å².